The second kappa shape index (κ2) is 18.5. The molecule has 120 valence electrons. The molecule has 1 rings (SSSR count). The molecule has 0 heterocycles. The summed E-state index contributed by atoms with van der Waals surface area (Å²) in [7, 11) is 4.62. The van der Waals surface area contributed by atoms with Gasteiger partial charge in [-0.1, -0.05) is 66.7 Å². The van der Waals surface area contributed by atoms with Crippen LogP contribution >= 0.6 is 9.24 Å². The average Bonchev–Trinajstić information content (AvgIpc) is 2.48. The molecule has 3 atom stereocenters. The lowest BCUT2D eigenvalue weighted by atomic mass is 9.88. The quantitative estimate of drug-likeness (QED) is 0.680. The van der Waals surface area contributed by atoms with E-state index in [4.69, 9.17) is 5.73 Å². The molecule has 2 N–H and O–H groups in total. The molecule has 3 unspecified atom stereocenters. The lowest BCUT2D eigenvalue weighted by Gasteiger charge is -2.28. The molecular weight excluding hydrogens is 263 g/mol. The van der Waals surface area contributed by atoms with Gasteiger partial charge in [0, 0.05) is 25.2 Å². The van der Waals surface area contributed by atoms with Crippen molar-refractivity contribution in [1.82, 2.24) is 0 Å². The molecule has 1 aliphatic carbocycles. The summed E-state index contributed by atoms with van der Waals surface area (Å²) < 4.78 is 0. The third-order valence-corrected chi connectivity index (χ3v) is 3.12. The fourth-order valence-electron chi connectivity index (χ4n) is 1.57. The topological polar surface area (TPSA) is 38.4 Å². The molecule has 0 aliphatic heterocycles. The summed E-state index contributed by atoms with van der Waals surface area (Å²) in [5.74, 6) is 0. The van der Waals surface area contributed by atoms with Gasteiger partial charge in [0.2, 0.25) is 0 Å². The number of nitrogens with two attached hydrogens (primary N) is 1. The Morgan fingerprint density at radius 2 is 1.70 bits per heavy atom. The third-order valence-electron chi connectivity index (χ3n) is 2.39. The van der Waals surface area contributed by atoms with Crippen molar-refractivity contribution in [3.8, 4) is 0 Å². The van der Waals surface area contributed by atoms with Crippen molar-refractivity contribution >= 4 is 15.0 Å². The highest BCUT2D eigenvalue weighted by Gasteiger charge is 2.24. The van der Waals surface area contributed by atoms with Gasteiger partial charge in [0.1, 0.15) is 0 Å². The molecule has 0 aromatic heterocycles. The van der Waals surface area contributed by atoms with Gasteiger partial charge < -0.3 is 5.73 Å². The van der Waals surface area contributed by atoms with Crippen LogP contribution in [0.15, 0.2) is 29.3 Å². The van der Waals surface area contributed by atoms with Crippen molar-refractivity contribution in [3.05, 3.63) is 24.3 Å². The summed E-state index contributed by atoms with van der Waals surface area (Å²) in [6.07, 6.45) is 6.97. The van der Waals surface area contributed by atoms with E-state index in [0.29, 0.717) is 5.66 Å². The van der Waals surface area contributed by atoms with Crippen molar-refractivity contribution in [2.75, 3.05) is 7.05 Å². The van der Waals surface area contributed by atoms with E-state index in [1.807, 2.05) is 46.9 Å². The van der Waals surface area contributed by atoms with E-state index in [0.717, 1.165) is 18.6 Å². The Morgan fingerprint density at radius 3 is 2.05 bits per heavy atom. The minimum absolute atomic E-state index is 0.227. The normalized spacial score (nSPS) is 24.4. The van der Waals surface area contributed by atoms with Gasteiger partial charge in [0.15, 0.2) is 0 Å². The Labute approximate surface area is 130 Å². The Morgan fingerprint density at radius 1 is 1.25 bits per heavy atom. The van der Waals surface area contributed by atoms with Crippen LogP contribution < -0.4 is 5.73 Å². The van der Waals surface area contributed by atoms with Crippen LogP contribution in [0.1, 0.15) is 60.8 Å². The molecule has 3 heteroatoms. The maximum absolute atomic E-state index is 5.95. The van der Waals surface area contributed by atoms with Crippen LogP contribution in [0.25, 0.3) is 0 Å². The van der Waals surface area contributed by atoms with Gasteiger partial charge in [0.25, 0.3) is 0 Å². The molecular formula is C17H37N2P. The molecule has 0 amide bonds. The second-order valence-corrected chi connectivity index (χ2v) is 4.90. The first-order chi connectivity index (χ1) is 9.60. The number of allylic oxidation sites excluding steroid dienone is 3. The zero-order chi connectivity index (χ0) is 16.6. The molecule has 20 heavy (non-hydrogen) atoms. The molecule has 1 aliphatic rings. The van der Waals surface area contributed by atoms with E-state index in [-0.39, 0.29) is 6.04 Å². The van der Waals surface area contributed by atoms with E-state index < -0.39 is 0 Å². The third kappa shape index (κ3) is 11.4. The summed E-state index contributed by atoms with van der Waals surface area (Å²) >= 11 is 0. The van der Waals surface area contributed by atoms with Gasteiger partial charge in [0.05, 0.1) is 0 Å². The van der Waals surface area contributed by atoms with Crippen LogP contribution in [0.4, 0.5) is 0 Å². The van der Waals surface area contributed by atoms with Gasteiger partial charge in [-0.15, -0.1) is 9.24 Å². The lowest BCUT2D eigenvalue weighted by Crippen LogP contribution is -2.38. The first kappa shape index (κ1) is 24.6. The number of rotatable bonds is 1. The van der Waals surface area contributed by atoms with Crippen LogP contribution in [0.3, 0.4) is 0 Å². The van der Waals surface area contributed by atoms with Gasteiger partial charge in [-0.05, 0) is 17.7 Å². The molecule has 0 bridgehead atoms. The van der Waals surface area contributed by atoms with E-state index in [1.54, 1.807) is 0 Å². The summed E-state index contributed by atoms with van der Waals surface area (Å²) in [5, 5.41) is 0. The lowest BCUT2D eigenvalue weighted by molar-refractivity contribution is 0.628. The predicted octanol–water partition coefficient (Wildman–Crippen LogP) is 5.00. The zero-order valence-corrected chi connectivity index (χ0v) is 15.9. The fraction of sp³-hybridized carbons (Fsp3) is 0.706. The highest BCUT2D eigenvalue weighted by Crippen LogP contribution is 2.26. The molecule has 2 nitrogen and oxygen atoms in total. The van der Waals surface area contributed by atoms with Gasteiger partial charge in [-0.2, -0.15) is 0 Å². The largest absolute Gasteiger partial charge is 0.327 e. The van der Waals surface area contributed by atoms with Crippen molar-refractivity contribution in [2.45, 2.75) is 72.5 Å². The molecule has 0 aromatic carbocycles. The van der Waals surface area contributed by atoms with E-state index in [1.165, 1.54) is 12.0 Å². The predicted molar refractivity (Wildman–Crippen MR) is 101 cm³/mol. The number of nitrogens with zero attached hydrogens (tertiary/aromatic N) is 1. The van der Waals surface area contributed by atoms with Crippen molar-refractivity contribution in [3.63, 3.8) is 0 Å². The van der Waals surface area contributed by atoms with Crippen molar-refractivity contribution < 1.29 is 0 Å². The smallest absolute Gasteiger partial charge is 0.0392 e. The van der Waals surface area contributed by atoms with Gasteiger partial charge in [-0.25, -0.2) is 0 Å². The van der Waals surface area contributed by atoms with Gasteiger partial charge >= 0.3 is 0 Å². The first-order valence-corrected chi connectivity index (χ1v) is 8.56. The average molecular weight is 300 g/mol. The first-order valence-electron chi connectivity index (χ1n) is 7.89. The summed E-state index contributed by atoms with van der Waals surface area (Å²) in [6, 6.07) is 0.227. The minimum Gasteiger partial charge on any atom is -0.327 e. The molecule has 0 aromatic rings. The van der Waals surface area contributed by atoms with Crippen LogP contribution in [0, 0.1) is 0 Å². The molecule has 1 saturated carbocycles. The number of hydrogen-bond acceptors (Lipinski definition) is 2. The summed E-state index contributed by atoms with van der Waals surface area (Å²) in [5.41, 5.74) is 8.82. The maximum Gasteiger partial charge on any atom is 0.0392 e. The van der Waals surface area contributed by atoms with Crippen LogP contribution in [0.2, 0.25) is 0 Å². The van der Waals surface area contributed by atoms with E-state index in [2.05, 4.69) is 34.7 Å². The Hall–Kier alpha value is -0.460. The second-order valence-electron chi connectivity index (χ2n) is 4.04. The Kier molecular flexibility index (Phi) is 22.8. The standard InChI is InChI=1S/C10H17N2P.C3H8.2C2H6/c1-3-4-7-5-10(13)8(11)6-9(7)12-2;1-3-2;2*1-2/h3-4,8,10H,1,5-6,11,13H2,2H3;3H2,1-2H3;2*1-2H3/b7-4-,12-9?;;;. The molecule has 1 fully saturated rings. The summed E-state index contributed by atoms with van der Waals surface area (Å²) in [6.45, 7) is 15.9. The van der Waals surface area contributed by atoms with E-state index in [9.17, 15) is 0 Å². The Balaban J connectivity index is -0.000000355. The maximum atomic E-state index is 5.95. The van der Waals surface area contributed by atoms with Crippen molar-refractivity contribution in [1.29, 1.82) is 0 Å². The summed E-state index contributed by atoms with van der Waals surface area (Å²) in [4.78, 5) is 4.24. The van der Waals surface area contributed by atoms with Crippen molar-refractivity contribution in [2.24, 2.45) is 10.7 Å². The van der Waals surface area contributed by atoms with Crippen LogP contribution in [0.5, 0.6) is 0 Å². The van der Waals surface area contributed by atoms with Gasteiger partial charge in [-0.3, -0.25) is 4.99 Å². The minimum atomic E-state index is 0.227. The number of aliphatic imine (C=N–C) groups is 1. The number of hydrogen-bond donors (Lipinski definition) is 1. The zero-order valence-electron chi connectivity index (χ0n) is 14.7. The SMILES string of the molecule is C=C/C=C1/CC(P)C(N)CC1=NC.CC.CC.CCC. The van der Waals surface area contributed by atoms with Crippen LogP contribution in [-0.2, 0) is 0 Å². The molecule has 0 spiro atoms. The Bertz CT molecular complexity index is 270. The highest BCUT2D eigenvalue weighted by atomic mass is 31.0. The highest BCUT2D eigenvalue weighted by molar-refractivity contribution is 7.17. The van der Waals surface area contributed by atoms with Crippen LogP contribution in [-0.4, -0.2) is 24.5 Å². The monoisotopic (exact) mass is 300 g/mol. The molecule has 0 radical (unpaired) electrons. The fourth-order valence-corrected chi connectivity index (χ4v) is 1.96. The van der Waals surface area contributed by atoms with E-state index >= 15 is 0 Å². The molecule has 0 saturated heterocycles.